The van der Waals surface area contributed by atoms with Crippen molar-refractivity contribution in [2.24, 2.45) is 0 Å². The van der Waals surface area contributed by atoms with Crippen LogP contribution in [0, 0.1) is 29.2 Å². The van der Waals surface area contributed by atoms with Crippen LogP contribution >= 0.6 is 8.13 Å². The molecule has 0 aromatic heterocycles. The van der Waals surface area contributed by atoms with E-state index in [0.717, 1.165) is 8.13 Å². The van der Waals surface area contributed by atoms with E-state index in [0.29, 0.717) is 0 Å². The molecular formula is C17H24PSi. The van der Waals surface area contributed by atoms with Crippen LogP contribution in [0.1, 0.15) is 27.7 Å². The van der Waals surface area contributed by atoms with Crippen LogP contribution in [0.2, 0.25) is 13.1 Å². The predicted octanol–water partition coefficient (Wildman–Crippen LogP) is 4.70. The minimum Gasteiger partial charge on any atom is -0.102 e. The Labute approximate surface area is 122 Å². The zero-order valence-corrected chi connectivity index (χ0v) is 14.9. The number of benzene rings is 1. The lowest BCUT2D eigenvalue weighted by Crippen LogP contribution is -2.36. The summed E-state index contributed by atoms with van der Waals surface area (Å²) >= 11 is 0. The molecule has 2 rings (SSSR count). The van der Waals surface area contributed by atoms with E-state index in [1.165, 1.54) is 17.1 Å². The normalized spacial score (nSPS) is 22.0. The smallest absolute Gasteiger partial charge is 0.0843 e. The van der Waals surface area contributed by atoms with E-state index in [2.05, 4.69) is 71.1 Å². The summed E-state index contributed by atoms with van der Waals surface area (Å²) in [4.78, 5) is 0. The molecule has 19 heavy (non-hydrogen) atoms. The molecule has 1 aromatic rings. The Kier molecular flexibility index (Phi) is 4.58. The van der Waals surface area contributed by atoms with Crippen molar-refractivity contribution in [3.05, 3.63) is 59.5 Å². The third kappa shape index (κ3) is 2.98. The molecule has 1 unspecified atom stereocenters. The Morgan fingerprint density at radius 3 is 1.68 bits per heavy atom. The van der Waals surface area contributed by atoms with E-state index in [9.17, 15) is 0 Å². The second kappa shape index (κ2) is 5.70. The van der Waals surface area contributed by atoms with Crippen LogP contribution in [0.5, 0.6) is 0 Å². The third-order valence-electron chi connectivity index (χ3n) is 4.29. The fourth-order valence-electron chi connectivity index (χ4n) is 3.10. The van der Waals surface area contributed by atoms with Crippen molar-refractivity contribution in [2.45, 2.75) is 40.8 Å². The molecule has 5 radical (unpaired) electrons. The second-order valence-electron chi connectivity index (χ2n) is 5.99. The van der Waals surface area contributed by atoms with Gasteiger partial charge in [-0.3, -0.25) is 0 Å². The largest absolute Gasteiger partial charge is 0.102 e. The maximum atomic E-state index is 2.52. The zero-order chi connectivity index (χ0) is 14.2. The van der Waals surface area contributed by atoms with Crippen LogP contribution in [-0.2, 0) is 0 Å². The van der Waals surface area contributed by atoms with Crippen LogP contribution in [-0.4, -0.2) is 7.74 Å². The Hall–Kier alpha value is -0.133. The molecule has 1 aliphatic rings. The minimum absolute atomic E-state index is 0.950. The molecule has 0 spiro atoms. The molecule has 1 atom stereocenters. The maximum Gasteiger partial charge on any atom is 0.0843 e. The highest BCUT2D eigenvalue weighted by molar-refractivity contribution is 7.88. The van der Waals surface area contributed by atoms with Crippen LogP contribution in [0.15, 0.2) is 30.3 Å². The fraction of sp³-hybridized carbons (Fsp3) is 0.353. The van der Waals surface area contributed by atoms with Gasteiger partial charge >= 0.3 is 0 Å². The molecule has 0 aliphatic heterocycles. The lowest BCUT2D eigenvalue weighted by Gasteiger charge is -2.35. The van der Waals surface area contributed by atoms with Crippen molar-refractivity contribution in [1.82, 2.24) is 0 Å². The highest BCUT2D eigenvalue weighted by Crippen LogP contribution is 2.58. The molecule has 0 N–H and O–H groups in total. The summed E-state index contributed by atoms with van der Waals surface area (Å²) in [6.45, 7) is 14.2. The van der Waals surface area contributed by atoms with Gasteiger partial charge in [0.1, 0.15) is 0 Å². The summed E-state index contributed by atoms with van der Waals surface area (Å²) in [5.41, 5.74) is 1.70. The highest BCUT2D eigenvalue weighted by Gasteiger charge is 2.50. The summed E-state index contributed by atoms with van der Waals surface area (Å²) in [7, 11) is -0.442. The number of hydrogen-bond acceptors (Lipinski definition) is 0. The number of rotatable bonds is 3. The first-order valence-corrected chi connectivity index (χ1v) is 11.9. The summed E-state index contributed by atoms with van der Waals surface area (Å²) in [6, 6.07) is 11.0. The van der Waals surface area contributed by atoms with E-state index in [-0.39, 0.29) is 0 Å². The van der Waals surface area contributed by atoms with Crippen LogP contribution in [0.4, 0.5) is 0 Å². The Balaban J connectivity index is 2.20. The van der Waals surface area contributed by atoms with Crippen LogP contribution in [0.3, 0.4) is 0 Å². The van der Waals surface area contributed by atoms with Gasteiger partial charge in [-0.2, -0.15) is 0 Å². The van der Waals surface area contributed by atoms with E-state index >= 15 is 0 Å². The van der Waals surface area contributed by atoms with Crippen LogP contribution in [0.25, 0.3) is 0 Å². The summed E-state index contributed by atoms with van der Waals surface area (Å²) in [5, 5.41) is 1.51. The van der Waals surface area contributed by atoms with Crippen molar-refractivity contribution in [3.8, 4) is 0 Å². The quantitative estimate of drug-likeness (QED) is 0.558. The maximum absolute atomic E-state index is 2.52. The van der Waals surface area contributed by atoms with Gasteiger partial charge in [-0.25, -0.2) is 0 Å². The lowest BCUT2D eigenvalue weighted by atomic mass is 9.92. The first-order chi connectivity index (χ1) is 8.84. The zero-order valence-electron chi connectivity index (χ0n) is 12.9. The van der Waals surface area contributed by atoms with Crippen molar-refractivity contribution in [3.63, 3.8) is 0 Å². The van der Waals surface area contributed by atoms with Gasteiger partial charge in [0.2, 0.25) is 0 Å². The topological polar surface area (TPSA) is 0 Å². The van der Waals surface area contributed by atoms with Gasteiger partial charge < -0.3 is 0 Å². The Morgan fingerprint density at radius 2 is 1.21 bits per heavy atom. The monoisotopic (exact) mass is 287 g/mol. The first-order valence-electron chi connectivity index (χ1n) is 6.91. The van der Waals surface area contributed by atoms with Crippen molar-refractivity contribution < 1.29 is 0 Å². The Bertz CT molecular complexity index is 401. The summed E-state index contributed by atoms with van der Waals surface area (Å²) < 4.78 is 0. The molecule has 0 amide bonds. The van der Waals surface area contributed by atoms with E-state index < -0.39 is 7.74 Å². The van der Waals surface area contributed by atoms with Gasteiger partial charge in [-0.05, 0) is 34.5 Å². The standard InChI is InChI=1S/C17H24PSi/c1-12-13(2)15(4)17(14(12)3)19(5,6)18-16-10-8-7-9-11-16/h7-11,18H,1-6H3. The van der Waals surface area contributed by atoms with E-state index in [1.807, 2.05) is 0 Å². The molecule has 0 nitrogen and oxygen atoms in total. The minimum atomic E-state index is -1.39. The van der Waals surface area contributed by atoms with Crippen molar-refractivity contribution >= 4 is 21.2 Å². The van der Waals surface area contributed by atoms with Crippen molar-refractivity contribution in [1.29, 1.82) is 0 Å². The molecule has 0 bridgehead atoms. The van der Waals surface area contributed by atoms with Gasteiger partial charge in [0, 0.05) is 0 Å². The Morgan fingerprint density at radius 1 is 0.737 bits per heavy atom. The molecule has 0 heterocycles. The molecule has 1 aromatic carbocycles. The lowest BCUT2D eigenvalue weighted by molar-refractivity contribution is 0.973. The molecule has 1 fully saturated rings. The SMILES string of the molecule is C[C]1[C](C)[C](C)[C]([Si](C)(C)Pc2ccccc2)[C]1C. The molecule has 1 saturated carbocycles. The van der Waals surface area contributed by atoms with Crippen molar-refractivity contribution in [2.75, 3.05) is 0 Å². The van der Waals surface area contributed by atoms with Crippen LogP contribution < -0.4 is 5.30 Å². The van der Waals surface area contributed by atoms with Gasteiger partial charge in [0.25, 0.3) is 0 Å². The molecule has 1 aliphatic carbocycles. The average Bonchev–Trinajstić information content (AvgIpc) is 2.55. The average molecular weight is 287 g/mol. The molecule has 0 saturated heterocycles. The first kappa shape index (κ1) is 15.3. The van der Waals surface area contributed by atoms with Gasteiger partial charge in [0.05, 0.1) is 7.74 Å². The van der Waals surface area contributed by atoms with E-state index in [1.54, 1.807) is 17.4 Å². The predicted molar refractivity (Wildman–Crippen MR) is 90.8 cm³/mol. The molecule has 101 valence electrons. The summed E-state index contributed by atoms with van der Waals surface area (Å²) in [5.74, 6) is 6.11. The highest BCUT2D eigenvalue weighted by atomic mass is 31.3. The second-order valence-corrected chi connectivity index (χ2v) is 15.1. The van der Waals surface area contributed by atoms with Gasteiger partial charge in [0.15, 0.2) is 0 Å². The summed E-state index contributed by atoms with van der Waals surface area (Å²) in [6.07, 6.45) is 0. The number of hydrogen-bond donors (Lipinski definition) is 0. The van der Waals surface area contributed by atoms with E-state index in [4.69, 9.17) is 0 Å². The fourth-order valence-corrected chi connectivity index (χ4v) is 10.7. The molecule has 2 heteroatoms. The third-order valence-corrected chi connectivity index (χ3v) is 11.0. The van der Waals surface area contributed by atoms with Gasteiger partial charge in [-0.1, -0.05) is 71.1 Å². The molecular weight excluding hydrogens is 263 g/mol. The van der Waals surface area contributed by atoms with Gasteiger partial charge in [-0.15, -0.1) is 8.13 Å².